The van der Waals surface area contributed by atoms with Crippen molar-refractivity contribution in [3.05, 3.63) is 97.2 Å². The molecule has 0 rings (SSSR count). The second-order valence-electron chi connectivity index (χ2n) is 19.2. The van der Waals surface area contributed by atoms with Crippen LogP contribution in [0.2, 0.25) is 0 Å². The molecule has 0 radical (unpaired) electrons. The summed E-state index contributed by atoms with van der Waals surface area (Å²) in [6.45, 7) is 4.49. The Morgan fingerprint density at radius 3 is 1.39 bits per heavy atom. The standard InChI is InChI=1S/C58H103N2O6P/c1-6-8-10-12-14-16-18-20-22-23-24-25-26-27-28-29-30-31-32-33-34-35-36-37-38-40-42-44-46-48-50-52-58(62)59-56(55-66-67(63,64)65-54-53-60(3,4)5)57(61)51-49-47-45-43-41-39-21-19-17-15-13-11-9-7-2/h8,10,14,16,20,22,24-25,27-28,30-31,41,43,49,51,56-57,61H,6-7,9,11-13,15,17-19,21,23,26,29,32-40,42,44-48,50,52-55H2,1-5H3,(H-,59,62,63,64)/b10-8-,16-14-,22-20-,25-24-,28-27-,31-30-,43-41+,51-49+. The topological polar surface area (TPSA) is 108 Å². The fourth-order valence-corrected chi connectivity index (χ4v) is 8.01. The molecule has 3 atom stereocenters. The second-order valence-corrected chi connectivity index (χ2v) is 20.6. The number of allylic oxidation sites excluding steroid dienone is 15. The van der Waals surface area contributed by atoms with Crippen LogP contribution in [0.25, 0.3) is 0 Å². The summed E-state index contributed by atoms with van der Waals surface area (Å²) in [5.41, 5.74) is 0. The largest absolute Gasteiger partial charge is 0.756 e. The third-order valence-corrected chi connectivity index (χ3v) is 12.5. The lowest BCUT2D eigenvalue weighted by Gasteiger charge is -2.29. The maximum atomic E-state index is 12.9. The van der Waals surface area contributed by atoms with Gasteiger partial charge in [-0.15, -0.1) is 0 Å². The van der Waals surface area contributed by atoms with E-state index in [0.717, 1.165) is 77.0 Å². The summed E-state index contributed by atoms with van der Waals surface area (Å²) in [6, 6.07) is -0.909. The molecular formula is C58H103N2O6P. The molecule has 386 valence electrons. The van der Waals surface area contributed by atoms with Crippen LogP contribution in [0.3, 0.4) is 0 Å². The van der Waals surface area contributed by atoms with Crippen LogP contribution in [0.5, 0.6) is 0 Å². The molecule has 0 saturated carbocycles. The minimum atomic E-state index is -4.61. The van der Waals surface area contributed by atoms with Gasteiger partial charge in [-0.2, -0.15) is 0 Å². The van der Waals surface area contributed by atoms with Crippen molar-refractivity contribution in [2.24, 2.45) is 0 Å². The molecule has 0 aromatic rings. The van der Waals surface area contributed by atoms with Gasteiger partial charge in [-0.25, -0.2) is 0 Å². The maximum Gasteiger partial charge on any atom is 0.268 e. The molecule has 0 aliphatic rings. The number of aliphatic hydroxyl groups is 1. The summed E-state index contributed by atoms with van der Waals surface area (Å²) in [6.07, 6.45) is 69.1. The van der Waals surface area contributed by atoms with E-state index >= 15 is 0 Å². The van der Waals surface area contributed by atoms with Crippen molar-refractivity contribution < 1.29 is 32.9 Å². The Morgan fingerprint density at radius 2 is 0.925 bits per heavy atom. The van der Waals surface area contributed by atoms with E-state index in [-0.39, 0.29) is 12.5 Å². The van der Waals surface area contributed by atoms with Crippen LogP contribution >= 0.6 is 7.82 Å². The molecule has 0 spiro atoms. The second kappa shape index (κ2) is 48.4. The van der Waals surface area contributed by atoms with Gasteiger partial charge >= 0.3 is 0 Å². The number of amides is 1. The van der Waals surface area contributed by atoms with Gasteiger partial charge in [-0.3, -0.25) is 9.36 Å². The molecule has 2 N–H and O–H groups in total. The lowest BCUT2D eigenvalue weighted by Crippen LogP contribution is -2.45. The molecule has 1 amide bonds. The van der Waals surface area contributed by atoms with Crippen LogP contribution < -0.4 is 10.2 Å². The number of phosphoric ester groups is 1. The molecule has 0 heterocycles. The molecule has 8 nitrogen and oxygen atoms in total. The molecule has 0 aliphatic carbocycles. The number of likely N-dealkylation sites (N-methyl/N-ethyl adjacent to an activating group) is 1. The van der Waals surface area contributed by atoms with Gasteiger partial charge < -0.3 is 28.8 Å². The summed E-state index contributed by atoms with van der Waals surface area (Å²) in [5, 5.41) is 13.8. The smallest absolute Gasteiger partial charge is 0.268 e. The maximum absolute atomic E-state index is 12.9. The van der Waals surface area contributed by atoms with Crippen molar-refractivity contribution in [1.29, 1.82) is 0 Å². The van der Waals surface area contributed by atoms with Crippen LogP contribution in [-0.4, -0.2) is 68.5 Å². The van der Waals surface area contributed by atoms with Crippen molar-refractivity contribution in [2.45, 2.75) is 225 Å². The summed E-state index contributed by atoms with van der Waals surface area (Å²) in [7, 11) is 1.23. The minimum absolute atomic E-state index is 0.0107. The number of unbranched alkanes of at least 4 members (excludes halogenated alkanes) is 21. The Morgan fingerprint density at radius 1 is 0.537 bits per heavy atom. The van der Waals surface area contributed by atoms with Crippen LogP contribution in [0.4, 0.5) is 0 Å². The summed E-state index contributed by atoms with van der Waals surface area (Å²) >= 11 is 0. The number of carbonyl (C=O) groups is 1. The van der Waals surface area contributed by atoms with Gasteiger partial charge in [0.1, 0.15) is 13.2 Å². The molecular weight excluding hydrogens is 852 g/mol. The Bertz CT molecular complexity index is 1410. The van der Waals surface area contributed by atoms with Crippen molar-refractivity contribution in [3.63, 3.8) is 0 Å². The SMILES string of the molecule is CC/C=C\C/C=C\C/C=C\C/C=C\C/C=C\C/C=C\CCCCCCCCCCCCCCC(=O)NC(COP(=O)([O-])OCC[N+](C)(C)C)C(O)/C=C/CC/C=C/CCCCCCCCCC. The molecule has 0 fully saturated rings. The predicted molar refractivity (Wildman–Crippen MR) is 288 cm³/mol. The number of carbonyl (C=O) groups excluding carboxylic acids is 1. The fraction of sp³-hybridized carbons (Fsp3) is 0.707. The average molecular weight is 955 g/mol. The lowest BCUT2D eigenvalue weighted by atomic mass is 10.0. The van der Waals surface area contributed by atoms with Gasteiger partial charge in [0.15, 0.2) is 0 Å². The number of aliphatic hydroxyl groups excluding tert-OH is 1. The monoisotopic (exact) mass is 955 g/mol. The molecule has 0 bridgehead atoms. The molecule has 67 heavy (non-hydrogen) atoms. The first kappa shape index (κ1) is 64.4. The molecule has 0 saturated heterocycles. The third kappa shape index (κ3) is 51.1. The first-order valence-corrected chi connectivity index (χ1v) is 28.6. The van der Waals surface area contributed by atoms with Gasteiger partial charge in [0.25, 0.3) is 7.82 Å². The number of phosphoric acid groups is 1. The average Bonchev–Trinajstić information content (AvgIpc) is 3.29. The van der Waals surface area contributed by atoms with Gasteiger partial charge in [0.05, 0.1) is 39.9 Å². The third-order valence-electron chi connectivity index (χ3n) is 11.5. The van der Waals surface area contributed by atoms with E-state index in [9.17, 15) is 19.4 Å². The van der Waals surface area contributed by atoms with E-state index in [0.29, 0.717) is 17.4 Å². The van der Waals surface area contributed by atoms with E-state index in [1.54, 1.807) is 6.08 Å². The zero-order valence-corrected chi connectivity index (χ0v) is 44.7. The van der Waals surface area contributed by atoms with E-state index in [4.69, 9.17) is 9.05 Å². The van der Waals surface area contributed by atoms with E-state index < -0.39 is 26.6 Å². The number of nitrogens with zero attached hydrogens (tertiary/aromatic N) is 1. The first-order chi connectivity index (χ1) is 32.5. The van der Waals surface area contributed by atoms with Crippen LogP contribution in [0.15, 0.2) is 97.2 Å². The highest BCUT2D eigenvalue weighted by atomic mass is 31.2. The highest BCUT2D eigenvalue weighted by molar-refractivity contribution is 7.45. The number of hydrogen-bond acceptors (Lipinski definition) is 6. The zero-order valence-electron chi connectivity index (χ0n) is 43.8. The number of rotatable bonds is 48. The van der Waals surface area contributed by atoms with Crippen LogP contribution in [0.1, 0.15) is 213 Å². The number of nitrogens with one attached hydrogen (secondary N) is 1. The molecule has 0 aromatic carbocycles. The quantitative estimate of drug-likeness (QED) is 0.0272. The van der Waals surface area contributed by atoms with E-state index in [1.165, 1.54) is 116 Å². The van der Waals surface area contributed by atoms with Crippen molar-refractivity contribution in [1.82, 2.24) is 5.32 Å². The summed E-state index contributed by atoms with van der Waals surface area (Å²) in [4.78, 5) is 25.4. The highest BCUT2D eigenvalue weighted by Crippen LogP contribution is 2.38. The Labute approximate surface area is 413 Å². The fourth-order valence-electron chi connectivity index (χ4n) is 7.29. The van der Waals surface area contributed by atoms with Gasteiger partial charge in [-0.1, -0.05) is 220 Å². The number of hydrogen-bond donors (Lipinski definition) is 2. The normalized spacial score (nSPS) is 14.8. The van der Waals surface area contributed by atoms with E-state index in [2.05, 4.69) is 104 Å². The molecule has 9 heteroatoms. The van der Waals surface area contributed by atoms with Gasteiger partial charge in [-0.05, 0) is 83.5 Å². The van der Waals surface area contributed by atoms with Gasteiger partial charge in [0, 0.05) is 6.42 Å². The minimum Gasteiger partial charge on any atom is -0.756 e. The van der Waals surface area contributed by atoms with Crippen molar-refractivity contribution in [3.8, 4) is 0 Å². The van der Waals surface area contributed by atoms with Crippen LogP contribution in [-0.2, 0) is 18.4 Å². The molecule has 3 unspecified atom stereocenters. The zero-order chi connectivity index (χ0) is 49.2. The molecule has 0 aliphatic heterocycles. The Kier molecular flexibility index (Phi) is 46.6. The van der Waals surface area contributed by atoms with E-state index in [1.807, 2.05) is 27.2 Å². The summed E-state index contributed by atoms with van der Waals surface area (Å²) in [5.74, 6) is -0.214. The van der Waals surface area contributed by atoms with Crippen LogP contribution in [0, 0.1) is 0 Å². The summed E-state index contributed by atoms with van der Waals surface area (Å²) < 4.78 is 23.3. The predicted octanol–water partition coefficient (Wildman–Crippen LogP) is 15.6. The lowest BCUT2D eigenvalue weighted by molar-refractivity contribution is -0.870. The van der Waals surface area contributed by atoms with Gasteiger partial charge in [0.2, 0.25) is 5.91 Å². The van der Waals surface area contributed by atoms with Crippen molar-refractivity contribution >= 4 is 13.7 Å². The highest BCUT2D eigenvalue weighted by Gasteiger charge is 2.23. The molecule has 0 aromatic heterocycles. The number of quaternary nitrogens is 1. The Balaban J connectivity index is 4.19. The first-order valence-electron chi connectivity index (χ1n) is 27.1. The van der Waals surface area contributed by atoms with Crippen molar-refractivity contribution in [2.75, 3.05) is 40.9 Å². The Hall–Kier alpha value is -2.58.